The molecule has 1 saturated carbocycles. The first-order valence-electron chi connectivity index (χ1n) is 26.7. The molecule has 3 aliphatic heterocycles. The van der Waals surface area contributed by atoms with Crippen molar-refractivity contribution in [3.63, 3.8) is 0 Å². The number of fused-ring (bicyclic) bond motifs is 3. The molecule has 0 aromatic carbocycles. The number of Topliss-reactive ketones (excluding diaryl/α,β-unsaturated/α-hetero) is 2. The molecule has 4 aliphatic rings. The van der Waals surface area contributed by atoms with Gasteiger partial charge in [-0.05, 0) is 132 Å². The van der Waals surface area contributed by atoms with E-state index in [-0.39, 0.29) is 78.7 Å². The van der Waals surface area contributed by atoms with Crippen molar-refractivity contribution < 1.29 is 61.9 Å². The highest BCUT2D eigenvalue weighted by Gasteiger charge is 2.57. The monoisotopic (exact) mass is 1040 g/mol. The number of piperidine rings is 1. The number of allylic oxidation sites excluding steroid dienone is 3. The van der Waals surface area contributed by atoms with Gasteiger partial charge in [0.15, 0.2) is 16.6 Å². The van der Waals surface area contributed by atoms with E-state index in [0.717, 1.165) is 24.0 Å². The predicted octanol–water partition coefficient (Wildman–Crippen LogP) is 9.50. The number of rotatable bonds is 11. The van der Waals surface area contributed by atoms with Crippen molar-refractivity contribution in [1.29, 1.82) is 0 Å². The molecule has 3 heterocycles. The van der Waals surface area contributed by atoms with E-state index in [9.17, 15) is 24.6 Å². The van der Waals surface area contributed by atoms with Crippen LogP contribution in [0.5, 0.6) is 0 Å². The molecule has 71 heavy (non-hydrogen) atoms. The molecule has 2 N–H and O–H groups in total. The van der Waals surface area contributed by atoms with E-state index in [1.807, 2.05) is 26.8 Å². The first-order valence-corrected chi connectivity index (χ1v) is 32.6. The van der Waals surface area contributed by atoms with E-state index in [4.69, 9.17) is 32.5 Å². The van der Waals surface area contributed by atoms with Crippen LogP contribution in [-0.4, -0.2) is 144 Å². The zero-order chi connectivity index (χ0) is 53.6. The van der Waals surface area contributed by atoms with Crippen LogP contribution in [0.2, 0.25) is 36.3 Å². The third kappa shape index (κ3) is 15.1. The normalized spacial score (nSPS) is 36.3. The van der Waals surface area contributed by atoms with E-state index >= 15 is 4.79 Å². The lowest BCUT2D eigenvalue weighted by Crippen LogP contribution is -2.64. The van der Waals surface area contributed by atoms with E-state index in [1.165, 1.54) is 4.90 Å². The standard InChI is InChI=1S/C55H97NO13Si2/c1-34-27-35(2)29-46(64-13)49-47(65-14)31-37(4)55(62,67-49)50(59)51(60)56-25-20-19-21-41(56)52(61)66-48(36(3)30-39-22-23-43(45(32-39)63-12)68-70(15,16)53(6,7)8)38(5)44(69-71(17,18)54(9,10)11)33-42(58)40(28-34)24-26-57/h28,30,35,37-41,43-49,57,62H,19-27,29,31-33H2,1-18H3/b34-28+,36-30+/t35-,37+,38+,39?,40+,41?,43+,44-,45+,46-,47-,48+,49+,55+/m0/s1. The number of cyclic esters (lactones) is 1. The lowest BCUT2D eigenvalue weighted by Gasteiger charge is -2.47. The van der Waals surface area contributed by atoms with E-state index in [1.54, 1.807) is 28.3 Å². The number of carbonyl (C=O) groups excluding carboxylic acids is 4. The number of carbonyl (C=O) groups is 4. The number of ether oxygens (including phenoxy) is 5. The van der Waals surface area contributed by atoms with Crippen LogP contribution in [0.25, 0.3) is 0 Å². The molecule has 2 unspecified atom stereocenters. The summed E-state index contributed by atoms with van der Waals surface area (Å²) in [5.41, 5.74) is 1.75. The van der Waals surface area contributed by atoms with Crippen molar-refractivity contribution in [2.24, 2.45) is 29.6 Å². The molecule has 14 nitrogen and oxygen atoms in total. The fourth-order valence-electron chi connectivity index (χ4n) is 10.8. The minimum absolute atomic E-state index is 0.0116. The van der Waals surface area contributed by atoms with Crippen LogP contribution >= 0.6 is 0 Å². The zero-order valence-corrected chi connectivity index (χ0v) is 49.2. The molecule has 1 aliphatic carbocycles. The molecule has 16 heteroatoms. The van der Waals surface area contributed by atoms with Crippen LogP contribution in [0.1, 0.15) is 147 Å². The first-order chi connectivity index (χ1) is 32.9. The van der Waals surface area contributed by atoms with Crippen molar-refractivity contribution >= 4 is 40.1 Å². The van der Waals surface area contributed by atoms with Crippen molar-refractivity contribution in [3.05, 3.63) is 23.3 Å². The van der Waals surface area contributed by atoms with E-state index in [0.29, 0.717) is 32.1 Å². The number of methoxy groups -OCH3 is 3. The number of hydrogen-bond acceptors (Lipinski definition) is 13. The van der Waals surface area contributed by atoms with Gasteiger partial charge in [-0.3, -0.25) is 14.4 Å². The Morgan fingerprint density at radius 2 is 1.38 bits per heavy atom. The second kappa shape index (κ2) is 25.1. The molecule has 408 valence electrons. The second-order valence-electron chi connectivity index (χ2n) is 25.0. The summed E-state index contributed by atoms with van der Waals surface area (Å²) in [5.74, 6) is -7.37. The SMILES string of the molecule is CO[C@H]1C[C@@H](C)C/C(C)=C/[C@@H](CCO)C(=O)C[C@H](O[Si](C)(C)C(C)(C)C)[C@@H](C)[C@@H](/C(C)=C/C2CC[C@@H](O[Si](C)(C)C(C)(C)C)[C@H](OC)C2)OC(=O)C2CCCCN2C(=O)C(=O)[C@]2(O)O[C@H]1[C@@H](OC)C[C@H]2C. The van der Waals surface area contributed by atoms with Gasteiger partial charge in [-0.25, -0.2) is 4.79 Å². The van der Waals surface area contributed by atoms with Crippen LogP contribution in [-0.2, 0) is 51.7 Å². The fraction of sp³-hybridized carbons (Fsp3) is 0.855. The van der Waals surface area contributed by atoms with Gasteiger partial charge in [0.2, 0.25) is 5.79 Å². The number of aliphatic hydroxyl groups excluding tert-OH is 1. The minimum Gasteiger partial charge on any atom is -0.456 e. The minimum atomic E-state index is -2.59. The topological polar surface area (TPSA) is 177 Å². The van der Waals surface area contributed by atoms with Gasteiger partial charge in [0, 0.05) is 58.7 Å². The number of amides is 1. The van der Waals surface area contributed by atoms with E-state index in [2.05, 4.69) is 80.7 Å². The van der Waals surface area contributed by atoms with Gasteiger partial charge in [0.1, 0.15) is 24.0 Å². The summed E-state index contributed by atoms with van der Waals surface area (Å²) in [5, 5.41) is 22.5. The Labute approximate surface area is 430 Å². The van der Waals surface area contributed by atoms with Crippen LogP contribution in [0.4, 0.5) is 0 Å². The number of hydrogen-bond donors (Lipinski definition) is 2. The highest BCUT2D eigenvalue weighted by atomic mass is 28.4. The molecule has 2 bridgehead atoms. The largest absolute Gasteiger partial charge is 0.456 e. The quantitative estimate of drug-likeness (QED) is 0.0867. The van der Waals surface area contributed by atoms with Gasteiger partial charge in [0.25, 0.3) is 11.7 Å². The number of aliphatic hydroxyl groups is 2. The van der Waals surface area contributed by atoms with Crippen LogP contribution in [0.15, 0.2) is 23.3 Å². The van der Waals surface area contributed by atoms with Gasteiger partial charge in [-0.1, -0.05) is 80.0 Å². The molecule has 0 spiro atoms. The van der Waals surface area contributed by atoms with Crippen LogP contribution < -0.4 is 0 Å². The van der Waals surface area contributed by atoms with Crippen molar-refractivity contribution in [2.45, 2.75) is 238 Å². The summed E-state index contributed by atoms with van der Waals surface area (Å²) in [6.45, 7) is 31.5. The molecule has 2 saturated heterocycles. The molecular weight excluding hydrogens is 939 g/mol. The maximum atomic E-state index is 15.0. The summed E-state index contributed by atoms with van der Waals surface area (Å²) < 4.78 is 45.3. The van der Waals surface area contributed by atoms with Crippen LogP contribution in [0, 0.1) is 29.6 Å². The highest BCUT2D eigenvalue weighted by Crippen LogP contribution is 2.44. The summed E-state index contributed by atoms with van der Waals surface area (Å²) in [7, 11) is 0.131. The van der Waals surface area contributed by atoms with Gasteiger partial charge in [-0.2, -0.15) is 0 Å². The predicted molar refractivity (Wildman–Crippen MR) is 282 cm³/mol. The number of esters is 1. The van der Waals surface area contributed by atoms with Gasteiger partial charge in [0.05, 0.1) is 30.5 Å². The zero-order valence-electron chi connectivity index (χ0n) is 47.2. The molecule has 14 atom stereocenters. The van der Waals surface area contributed by atoms with Crippen molar-refractivity contribution in [2.75, 3.05) is 34.5 Å². The number of ketones is 2. The van der Waals surface area contributed by atoms with Gasteiger partial charge in [-0.15, -0.1) is 0 Å². The Kier molecular flexibility index (Phi) is 21.8. The Morgan fingerprint density at radius 3 is 1.94 bits per heavy atom. The van der Waals surface area contributed by atoms with Crippen LogP contribution in [0.3, 0.4) is 0 Å². The van der Waals surface area contributed by atoms with Gasteiger partial charge < -0.3 is 47.6 Å². The highest BCUT2D eigenvalue weighted by molar-refractivity contribution is 6.74. The lowest BCUT2D eigenvalue weighted by molar-refractivity contribution is -0.302. The maximum Gasteiger partial charge on any atom is 0.329 e. The van der Waals surface area contributed by atoms with Gasteiger partial charge >= 0.3 is 5.97 Å². The summed E-state index contributed by atoms with van der Waals surface area (Å²) in [4.78, 5) is 60.3. The fourth-order valence-corrected chi connectivity index (χ4v) is 13.6. The summed E-state index contributed by atoms with van der Waals surface area (Å²) in [6, 6.07) is -1.13. The Hall–Kier alpha value is -2.13. The molecule has 0 aromatic rings. The average Bonchev–Trinajstić information content (AvgIpc) is 3.28. The number of nitrogens with zero attached hydrogens (tertiary/aromatic N) is 1. The summed E-state index contributed by atoms with van der Waals surface area (Å²) >= 11 is 0. The Morgan fingerprint density at radius 1 is 0.803 bits per heavy atom. The van der Waals surface area contributed by atoms with Crippen molar-refractivity contribution in [3.8, 4) is 0 Å². The molecular formula is C55H97NO13Si2. The molecule has 0 aromatic heterocycles. The summed E-state index contributed by atoms with van der Waals surface area (Å²) in [6.07, 6.45) is 5.46. The van der Waals surface area contributed by atoms with E-state index < -0.39 is 94.4 Å². The average molecular weight is 1040 g/mol. The Balaban J connectivity index is 1.89. The lowest BCUT2D eigenvalue weighted by atomic mass is 9.81. The molecule has 1 amide bonds. The third-order valence-corrected chi connectivity index (χ3v) is 26.4. The maximum absolute atomic E-state index is 15.0. The molecule has 3 fully saturated rings. The van der Waals surface area contributed by atoms with Crippen molar-refractivity contribution in [1.82, 2.24) is 4.90 Å². The smallest absolute Gasteiger partial charge is 0.329 e. The Bertz CT molecular complexity index is 1870. The first kappa shape index (κ1) is 61.4. The molecule has 0 radical (unpaired) electrons. The molecule has 4 rings (SSSR count). The third-order valence-electron chi connectivity index (χ3n) is 17.3. The second-order valence-corrected chi connectivity index (χ2v) is 34.5.